The van der Waals surface area contributed by atoms with Gasteiger partial charge in [-0.1, -0.05) is 11.6 Å². The number of ketones is 1. The number of fused-ring (bicyclic) bond motifs is 1. The van der Waals surface area contributed by atoms with Crippen molar-refractivity contribution in [1.82, 2.24) is 4.98 Å². The first-order valence-electron chi connectivity index (χ1n) is 11.0. The Hall–Kier alpha value is -4.08. The molecule has 0 aliphatic rings. The molecule has 2 N–H and O–H groups in total. The highest BCUT2D eigenvalue weighted by Gasteiger charge is 2.15. The van der Waals surface area contributed by atoms with Gasteiger partial charge in [0, 0.05) is 69.3 Å². The summed E-state index contributed by atoms with van der Waals surface area (Å²) >= 11 is 7.78. The van der Waals surface area contributed by atoms with Crippen LogP contribution in [0.2, 0.25) is 5.02 Å². The van der Waals surface area contributed by atoms with Gasteiger partial charge in [0.1, 0.15) is 5.82 Å². The minimum Gasteiger partial charge on any atom is -0.478 e. The van der Waals surface area contributed by atoms with E-state index in [1.807, 2.05) is 30.3 Å². The third-order valence-corrected chi connectivity index (χ3v) is 6.27. The van der Waals surface area contributed by atoms with Crippen LogP contribution in [0.1, 0.15) is 23.2 Å². The number of hydrogen-bond donors (Lipinski definition) is 2. The lowest BCUT2D eigenvalue weighted by atomic mass is 10.1. The fourth-order valence-corrected chi connectivity index (χ4v) is 4.65. The van der Waals surface area contributed by atoms with E-state index in [0.717, 1.165) is 21.5 Å². The number of aromatic nitrogens is 1. The van der Waals surface area contributed by atoms with Crippen LogP contribution in [0, 0.1) is 5.82 Å². The van der Waals surface area contributed by atoms with Crippen LogP contribution in [0.3, 0.4) is 0 Å². The Morgan fingerprint density at radius 2 is 1.62 bits per heavy atom. The summed E-state index contributed by atoms with van der Waals surface area (Å²) in [5.41, 5.74) is 2.64. The molecule has 190 valence electrons. The first-order valence-corrected chi connectivity index (χ1v) is 12.3. The van der Waals surface area contributed by atoms with Crippen LogP contribution >= 0.6 is 22.9 Å². The summed E-state index contributed by atoms with van der Waals surface area (Å²) in [6.45, 7) is 0.672. The zero-order valence-corrected chi connectivity index (χ0v) is 21.0. The van der Waals surface area contributed by atoms with Crippen LogP contribution in [0.5, 0.6) is 0 Å². The summed E-state index contributed by atoms with van der Waals surface area (Å²) < 4.78 is 14.2. The Kier molecular flexibility index (Phi) is 9.88. The van der Waals surface area contributed by atoms with E-state index in [1.165, 1.54) is 24.3 Å². The molecule has 0 unspecified atom stereocenters. The Morgan fingerprint density at radius 1 is 0.973 bits per heavy atom. The molecule has 0 fully saturated rings. The van der Waals surface area contributed by atoms with Crippen molar-refractivity contribution in [3.63, 3.8) is 0 Å². The first kappa shape index (κ1) is 27.5. The quantitative estimate of drug-likeness (QED) is 0.182. The maximum Gasteiger partial charge on any atom is 0.328 e. The Morgan fingerprint density at radius 3 is 2.24 bits per heavy atom. The number of carboxylic acid groups (broad SMARTS) is 2. The van der Waals surface area contributed by atoms with Gasteiger partial charge in [0.25, 0.3) is 0 Å². The number of anilines is 2. The van der Waals surface area contributed by atoms with Crippen molar-refractivity contribution < 1.29 is 29.0 Å². The zero-order valence-electron chi connectivity index (χ0n) is 19.4. The smallest absolute Gasteiger partial charge is 0.328 e. The molecule has 0 amide bonds. The lowest BCUT2D eigenvalue weighted by Crippen LogP contribution is -2.19. The molecule has 2 aromatic carbocycles. The lowest BCUT2D eigenvalue weighted by Gasteiger charge is -2.24. The predicted octanol–water partition coefficient (Wildman–Crippen LogP) is 6.60. The van der Waals surface area contributed by atoms with E-state index < -0.39 is 11.9 Å². The minimum absolute atomic E-state index is 0.0154. The molecule has 0 bridgehead atoms. The maximum absolute atomic E-state index is 13.1. The number of carbonyl (C=O) groups excluding carboxylic acids is 1. The van der Waals surface area contributed by atoms with E-state index in [9.17, 15) is 18.8 Å². The van der Waals surface area contributed by atoms with Crippen LogP contribution in [0.25, 0.3) is 10.1 Å². The number of pyridine rings is 1. The summed E-state index contributed by atoms with van der Waals surface area (Å²) in [6, 6.07) is 15.5. The zero-order chi connectivity index (χ0) is 26.8. The lowest BCUT2D eigenvalue weighted by molar-refractivity contribution is -0.134. The van der Waals surface area contributed by atoms with E-state index in [0.29, 0.717) is 42.1 Å². The number of Topliss-reactive ketones (excluding diaryl/α,β-unsaturated/α-hetero) is 1. The highest BCUT2D eigenvalue weighted by Crippen LogP contribution is 2.38. The van der Waals surface area contributed by atoms with Gasteiger partial charge in [-0.05, 0) is 61.0 Å². The molecular formula is C27H22ClFN2O5S. The van der Waals surface area contributed by atoms with E-state index >= 15 is 0 Å². The summed E-state index contributed by atoms with van der Waals surface area (Å²) in [7, 11) is 0. The summed E-state index contributed by atoms with van der Waals surface area (Å²) in [4.78, 5) is 37.9. The number of aliphatic carboxylic acids is 2. The topological polar surface area (TPSA) is 108 Å². The van der Waals surface area contributed by atoms with Crippen LogP contribution in [-0.2, 0) is 9.59 Å². The second-order valence-electron chi connectivity index (χ2n) is 7.66. The van der Waals surface area contributed by atoms with E-state index in [2.05, 4.69) is 15.3 Å². The molecule has 2 heterocycles. The molecular weight excluding hydrogens is 519 g/mol. The first-order chi connectivity index (χ1) is 17.7. The largest absolute Gasteiger partial charge is 0.478 e. The van der Waals surface area contributed by atoms with Gasteiger partial charge in [-0.15, -0.1) is 11.3 Å². The van der Waals surface area contributed by atoms with Crippen molar-refractivity contribution in [3.05, 3.63) is 101 Å². The standard InChI is InChI=1S/C23H18ClFN2OS.C4H4O4/c24-17-5-8-20-21(15-29-23(20)14-17)27(19-9-11-26-12-10-19)13-1-2-22(28)16-3-6-18(25)7-4-16;5-3(6)1-2-4(7)8/h3-12,14-15H,1-2,13H2;1-2H,(H,5,6)(H,7,8). The van der Waals surface area contributed by atoms with E-state index in [1.54, 1.807) is 23.7 Å². The maximum atomic E-state index is 13.1. The fraction of sp³-hybridized carbons (Fsp3) is 0.111. The average Bonchev–Trinajstić information content (AvgIpc) is 3.29. The normalized spacial score (nSPS) is 10.6. The van der Waals surface area contributed by atoms with Gasteiger partial charge in [-0.25, -0.2) is 14.0 Å². The average molecular weight is 541 g/mol. The third kappa shape index (κ3) is 8.23. The number of thiophene rings is 1. The fourth-order valence-electron chi connectivity index (χ4n) is 3.43. The monoisotopic (exact) mass is 540 g/mol. The summed E-state index contributed by atoms with van der Waals surface area (Å²) in [5, 5.41) is 19.6. The highest BCUT2D eigenvalue weighted by molar-refractivity contribution is 7.17. The van der Waals surface area contributed by atoms with Crippen molar-refractivity contribution in [2.24, 2.45) is 0 Å². The van der Waals surface area contributed by atoms with Gasteiger partial charge in [-0.3, -0.25) is 9.78 Å². The molecule has 0 aliphatic heterocycles. The van der Waals surface area contributed by atoms with Gasteiger partial charge in [0.15, 0.2) is 5.78 Å². The Bertz CT molecular complexity index is 1390. The summed E-state index contributed by atoms with van der Waals surface area (Å²) in [6.07, 6.45) is 5.70. The number of benzene rings is 2. The van der Waals surface area contributed by atoms with Crippen LogP contribution in [-0.4, -0.2) is 39.5 Å². The Balaban J connectivity index is 0.000000414. The minimum atomic E-state index is -1.26. The predicted molar refractivity (Wildman–Crippen MR) is 142 cm³/mol. The second-order valence-corrected chi connectivity index (χ2v) is 9.01. The number of rotatable bonds is 9. The molecule has 37 heavy (non-hydrogen) atoms. The number of carboxylic acids is 2. The van der Waals surface area contributed by atoms with Gasteiger partial charge in [0.2, 0.25) is 0 Å². The molecule has 0 atom stereocenters. The molecule has 4 aromatic rings. The van der Waals surface area contributed by atoms with Crippen LogP contribution in [0.4, 0.5) is 15.8 Å². The number of hydrogen-bond acceptors (Lipinski definition) is 6. The van der Waals surface area contributed by atoms with Crippen molar-refractivity contribution in [1.29, 1.82) is 0 Å². The second kappa shape index (κ2) is 13.3. The number of nitrogens with zero attached hydrogens (tertiary/aromatic N) is 2. The van der Waals surface area contributed by atoms with Crippen molar-refractivity contribution in [2.45, 2.75) is 12.8 Å². The van der Waals surface area contributed by atoms with Gasteiger partial charge >= 0.3 is 11.9 Å². The van der Waals surface area contributed by atoms with E-state index in [-0.39, 0.29) is 11.6 Å². The molecule has 0 saturated carbocycles. The highest BCUT2D eigenvalue weighted by atomic mass is 35.5. The van der Waals surface area contributed by atoms with Crippen molar-refractivity contribution in [2.75, 3.05) is 11.4 Å². The molecule has 2 aromatic heterocycles. The third-order valence-electron chi connectivity index (χ3n) is 5.10. The van der Waals surface area contributed by atoms with Gasteiger partial charge in [-0.2, -0.15) is 0 Å². The van der Waals surface area contributed by atoms with Gasteiger partial charge in [0.05, 0.1) is 5.69 Å². The molecule has 0 radical (unpaired) electrons. The Labute approximate surface area is 221 Å². The molecule has 10 heteroatoms. The van der Waals surface area contributed by atoms with Crippen molar-refractivity contribution >= 4 is 62.1 Å². The molecule has 4 rings (SSSR count). The molecule has 0 saturated heterocycles. The summed E-state index contributed by atoms with van der Waals surface area (Å²) in [5.74, 6) is -2.84. The van der Waals surface area contributed by atoms with Crippen LogP contribution < -0.4 is 4.90 Å². The molecule has 0 aliphatic carbocycles. The molecule has 7 nitrogen and oxygen atoms in total. The van der Waals surface area contributed by atoms with Crippen molar-refractivity contribution in [3.8, 4) is 0 Å². The SMILES string of the molecule is O=C(CCCN(c1ccncc1)c1csc2cc(Cl)ccc12)c1ccc(F)cc1.O=C(O)C=CC(=O)O. The molecule has 0 spiro atoms. The van der Waals surface area contributed by atoms with E-state index in [4.69, 9.17) is 21.8 Å². The van der Waals surface area contributed by atoms with Crippen LogP contribution in [0.15, 0.2) is 84.5 Å². The number of halogens is 2. The van der Waals surface area contributed by atoms with Gasteiger partial charge < -0.3 is 15.1 Å². The number of carbonyl (C=O) groups is 3.